The van der Waals surface area contributed by atoms with Crippen molar-refractivity contribution < 1.29 is 45.5 Å². The van der Waals surface area contributed by atoms with Gasteiger partial charge in [-0.2, -0.15) is 0 Å². The van der Waals surface area contributed by atoms with E-state index in [1.165, 1.54) is 4.90 Å². The molecular formula is C16H34N2O10P2S2. The van der Waals surface area contributed by atoms with E-state index in [4.69, 9.17) is 0 Å². The van der Waals surface area contributed by atoms with Gasteiger partial charge in [0.05, 0.1) is 17.3 Å². The summed E-state index contributed by atoms with van der Waals surface area (Å²) in [6, 6.07) is 0. The zero-order valence-corrected chi connectivity index (χ0v) is 21.6. The van der Waals surface area contributed by atoms with Gasteiger partial charge in [-0.25, -0.2) is 16.8 Å². The van der Waals surface area contributed by atoms with E-state index >= 15 is 0 Å². The van der Waals surface area contributed by atoms with Gasteiger partial charge >= 0.3 is 15.2 Å². The van der Waals surface area contributed by atoms with E-state index in [9.17, 15) is 45.5 Å². The molecule has 0 aromatic rings. The highest BCUT2D eigenvalue weighted by atomic mass is 32.2. The molecule has 2 saturated heterocycles. The fourth-order valence-corrected chi connectivity index (χ4v) is 9.82. The van der Waals surface area contributed by atoms with Crippen molar-refractivity contribution in [3.05, 3.63) is 0 Å². The van der Waals surface area contributed by atoms with Gasteiger partial charge in [-0.1, -0.05) is 13.3 Å². The smallest absolute Gasteiger partial charge is 0.324 e. The number of rotatable bonds is 11. The molecule has 0 aliphatic carbocycles. The van der Waals surface area contributed by atoms with Crippen LogP contribution in [0.3, 0.4) is 0 Å². The van der Waals surface area contributed by atoms with Crippen LogP contribution in [0, 0.1) is 23.7 Å². The molecule has 0 bridgehead atoms. The van der Waals surface area contributed by atoms with Crippen LogP contribution in [0.25, 0.3) is 0 Å². The second kappa shape index (κ2) is 10.4. The molecule has 12 nitrogen and oxygen atoms in total. The fraction of sp³-hybridized carbons (Fsp3) is 1.00. The van der Waals surface area contributed by atoms with E-state index in [2.05, 4.69) is 0 Å². The number of sulfone groups is 2. The van der Waals surface area contributed by atoms with Crippen molar-refractivity contribution in [2.45, 2.75) is 13.3 Å². The highest BCUT2D eigenvalue weighted by Crippen LogP contribution is 2.40. The van der Waals surface area contributed by atoms with Gasteiger partial charge in [-0.05, 0) is 23.7 Å². The van der Waals surface area contributed by atoms with E-state index in [0.29, 0.717) is 13.0 Å². The lowest BCUT2D eigenvalue weighted by Crippen LogP contribution is -2.32. The minimum atomic E-state index is -4.37. The van der Waals surface area contributed by atoms with E-state index in [-0.39, 0.29) is 48.7 Å². The molecule has 0 aromatic heterocycles. The maximum Gasteiger partial charge on any atom is 0.339 e. The molecule has 0 aromatic carbocycles. The molecule has 2 aliphatic rings. The second-order valence-electron chi connectivity index (χ2n) is 9.30. The second-order valence-corrected chi connectivity index (χ2v) is 16.9. The maximum absolute atomic E-state index is 13.0. The molecule has 4 N–H and O–H groups in total. The minimum absolute atomic E-state index is 0.0297. The molecule has 2 heterocycles. The summed E-state index contributed by atoms with van der Waals surface area (Å²) in [5.74, 6) is -2.19. The summed E-state index contributed by atoms with van der Waals surface area (Å²) in [5.41, 5.74) is 0. The van der Waals surface area contributed by atoms with Crippen molar-refractivity contribution in [2.24, 2.45) is 23.7 Å². The molecule has 0 amide bonds. The van der Waals surface area contributed by atoms with Crippen LogP contribution in [0.15, 0.2) is 0 Å². The average Bonchev–Trinajstić information content (AvgIpc) is 3.04. The highest BCUT2D eigenvalue weighted by Gasteiger charge is 2.41. The molecule has 0 spiro atoms. The van der Waals surface area contributed by atoms with Crippen molar-refractivity contribution in [3.8, 4) is 0 Å². The van der Waals surface area contributed by atoms with Gasteiger partial charge in [0.25, 0.3) is 0 Å². The maximum atomic E-state index is 13.0. The first-order chi connectivity index (χ1) is 14.4. The lowest BCUT2D eigenvalue weighted by molar-refractivity contribution is 0.305. The largest absolute Gasteiger partial charge is 0.339 e. The van der Waals surface area contributed by atoms with Crippen LogP contribution >= 0.6 is 15.2 Å². The van der Waals surface area contributed by atoms with E-state index < -0.39 is 59.3 Å². The number of likely N-dealkylation sites (tertiary alicyclic amines) is 2. The van der Waals surface area contributed by atoms with E-state index in [1.54, 1.807) is 4.90 Å². The molecule has 2 aliphatic heterocycles. The Labute approximate surface area is 189 Å². The van der Waals surface area contributed by atoms with Crippen LogP contribution in [-0.4, -0.2) is 108 Å². The molecule has 2 rings (SSSR count). The Morgan fingerprint density at radius 1 is 0.719 bits per heavy atom. The summed E-state index contributed by atoms with van der Waals surface area (Å²) in [7, 11) is -15.7. The van der Waals surface area contributed by atoms with Crippen molar-refractivity contribution >= 4 is 34.9 Å². The Morgan fingerprint density at radius 2 is 1.06 bits per heavy atom. The molecule has 0 radical (unpaired) electrons. The van der Waals surface area contributed by atoms with Crippen LogP contribution in [-0.2, 0) is 28.8 Å². The zero-order chi connectivity index (χ0) is 24.5. The van der Waals surface area contributed by atoms with Gasteiger partial charge in [0, 0.05) is 32.4 Å². The van der Waals surface area contributed by atoms with Crippen LogP contribution in [0.5, 0.6) is 0 Å². The number of hydrogen-bond acceptors (Lipinski definition) is 8. The third-order valence-electron chi connectivity index (χ3n) is 6.05. The topological polar surface area (TPSA) is 190 Å². The third kappa shape index (κ3) is 9.77. The summed E-state index contributed by atoms with van der Waals surface area (Å²) in [4.78, 5) is 39.9. The minimum Gasteiger partial charge on any atom is -0.324 e. The number of nitrogens with zero attached hydrogens (tertiary/aromatic N) is 2. The SMILES string of the molecule is CCC1CN(CP(=O)(O)O)CC1CS(=O)(=O)CC1CN(CP(=O)(O)O)CC1CS(C)(=O)=O. The Hall–Kier alpha value is 0.120. The Kier molecular flexibility index (Phi) is 9.21. The third-order valence-corrected chi connectivity index (χ3v) is 10.5. The first-order valence-corrected chi connectivity index (χ1v) is 17.8. The zero-order valence-electron chi connectivity index (χ0n) is 18.2. The lowest BCUT2D eigenvalue weighted by Gasteiger charge is -2.21. The summed E-state index contributed by atoms with van der Waals surface area (Å²) in [6.07, 6.45) is 0.732. The van der Waals surface area contributed by atoms with Gasteiger partial charge in [0.1, 0.15) is 22.4 Å². The van der Waals surface area contributed by atoms with Crippen LogP contribution in [0.2, 0.25) is 0 Å². The quantitative estimate of drug-likeness (QED) is 0.240. The Balaban J connectivity index is 2.10. The molecule has 16 heteroatoms. The van der Waals surface area contributed by atoms with Crippen molar-refractivity contribution in [3.63, 3.8) is 0 Å². The van der Waals surface area contributed by atoms with Gasteiger partial charge in [-0.3, -0.25) is 18.9 Å². The predicted molar refractivity (Wildman–Crippen MR) is 120 cm³/mol. The van der Waals surface area contributed by atoms with E-state index in [0.717, 1.165) is 6.26 Å². The first kappa shape index (κ1) is 28.4. The molecule has 0 saturated carbocycles. The summed E-state index contributed by atoms with van der Waals surface area (Å²) < 4.78 is 72.3. The van der Waals surface area contributed by atoms with Gasteiger partial charge in [-0.15, -0.1) is 0 Å². The standard InChI is InChI=1S/C16H34N2O10P2S2/c1-3-13-4-17(11-29(19,20)21)6-15(13)9-32(27,28)10-16-7-18(12-30(22,23)24)5-14(16)8-31(2,25)26/h13-16H,3-12H2,1-2H3,(H2,19,20,21)(H2,22,23,24). The summed E-state index contributed by atoms with van der Waals surface area (Å²) >= 11 is 0. The van der Waals surface area contributed by atoms with Crippen LogP contribution in [0.4, 0.5) is 0 Å². The molecule has 2 fully saturated rings. The molecule has 4 atom stereocenters. The molecule has 190 valence electrons. The van der Waals surface area contributed by atoms with Gasteiger partial charge in [0.2, 0.25) is 0 Å². The summed E-state index contributed by atoms with van der Waals surface area (Å²) in [5, 5.41) is 0. The van der Waals surface area contributed by atoms with Crippen molar-refractivity contribution in [1.82, 2.24) is 9.80 Å². The van der Waals surface area contributed by atoms with E-state index in [1.807, 2.05) is 6.92 Å². The van der Waals surface area contributed by atoms with Crippen LogP contribution in [0.1, 0.15) is 13.3 Å². The highest BCUT2D eigenvalue weighted by molar-refractivity contribution is 7.91. The first-order valence-electron chi connectivity index (χ1n) is 10.3. The fourth-order valence-electron chi connectivity index (χ4n) is 4.96. The van der Waals surface area contributed by atoms with Crippen LogP contribution < -0.4 is 0 Å². The van der Waals surface area contributed by atoms with Crippen molar-refractivity contribution in [1.29, 1.82) is 0 Å². The Bertz CT molecular complexity index is 961. The Morgan fingerprint density at radius 3 is 1.41 bits per heavy atom. The average molecular weight is 541 g/mol. The van der Waals surface area contributed by atoms with Gasteiger partial charge in [0.15, 0.2) is 9.84 Å². The normalized spacial score (nSPS) is 29.1. The summed E-state index contributed by atoms with van der Waals surface area (Å²) in [6.45, 7) is 2.72. The predicted octanol–water partition coefficient (Wildman–Crippen LogP) is -0.778. The van der Waals surface area contributed by atoms with Gasteiger partial charge < -0.3 is 19.6 Å². The number of hydrogen-bond donors (Lipinski definition) is 4. The monoisotopic (exact) mass is 540 g/mol. The molecule has 32 heavy (non-hydrogen) atoms. The molecule has 4 unspecified atom stereocenters. The molecular weight excluding hydrogens is 506 g/mol. The lowest BCUT2D eigenvalue weighted by atomic mass is 9.96. The van der Waals surface area contributed by atoms with Crippen molar-refractivity contribution in [2.75, 3.05) is 62.3 Å².